The van der Waals surface area contributed by atoms with Crippen LogP contribution in [0.25, 0.3) is 88.5 Å². The van der Waals surface area contributed by atoms with Crippen molar-refractivity contribution in [2.45, 2.75) is 6.92 Å². The van der Waals surface area contributed by atoms with Gasteiger partial charge in [-0.1, -0.05) is 85.5 Å². The number of fused-ring (bicyclic) bond motifs is 11. The Morgan fingerprint density at radius 1 is 0.681 bits per heavy atom. The highest BCUT2D eigenvalue weighted by molar-refractivity contribution is 6.23. The minimum Gasteiger partial charge on any atom is -0.292 e. The first-order valence-corrected chi connectivity index (χ1v) is 15.8. The molecule has 0 N–H and O–H groups in total. The Hall–Kier alpha value is -6.33. The van der Waals surface area contributed by atoms with Crippen molar-refractivity contribution in [3.63, 3.8) is 0 Å². The van der Waals surface area contributed by atoms with E-state index < -0.39 is 0 Å². The number of pyridine rings is 2. The normalized spacial score (nSPS) is 12.5. The van der Waals surface area contributed by atoms with E-state index in [1.54, 1.807) is 0 Å². The zero-order chi connectivity index (χ0) is 31.5. The first-order chi connectivity index (χ1) is 23.2. The van der Waals surface area contributed by atoms with Gasteiger partial charge in [-0.25, -0.2) is 9.97 Å². The Labute approximate surface area is 271 Å². The van der Waals surface area contributed by atoms with Gasteiger partial charge in [-0.15, -0.1) is 0 Å². The number of para-hydroxylation sites is 4. The van der Waals surface area contributed by atoms with Crippen LogP contribution in [-0.4, -0.2) is 23.9 Å². The lowest BCUT2D eigenvalue weighted by Gasteiger charge is -2.13. The number of hydrogen-bond acceptors (Lipinski definition) is 3. The SMILES string of the molecule is C=C/C(=C\C=C/C)n1c(-c2ccc(-c3ccc4c(c3)c3c(ccc5cccnc53)c3nc5ccccc5n43)cc2)nc2ccccc21. The van der Waals surface area contributed by atoms with Crippen molar-refractivity contribution in [1.82, 2.24) is 23.9 Å². The molecular formula is C42H29N5. The fourth-order valence-corrected chi connectivity index (χ4v) is 6.89. The second kappa shape index (κ2) is 10.6. The van der Waals surface area contributed by atoms with Crippen LogP contribution in [0, 0.1) is 0 Å². The van der Waals surface area contributed by atoms with Crippen molar-refractivity contribution in [3.8, 4) is 22.5 Å². The van der Waals surface area contributed by atoms with Crippen molar-refractivity contribution >= 4 is 66.0 Å². The van der Waals surface area contributed by atoms with Crippen LogP contribution >= 0.6 is 0 Å². The third kappa shape index (κ3) is 4.14. The molecule has 0 aliphatic heterocycles. The van der Waals surface area contributed by atoms with Crippen molar-refractivity contribution in [3.05, 3.63) is 152 Å². The molecule has 5 heteroatoms. The van der Waals surface area contributed by atoms with Gasteiger partial charge in [-0.2, -0.15) is 0 Å². The van der Waals surface area contributed by atoms with Gasteiger partial charge < -0.3 is 0 Å². The number of hydrogen-bond donors (Lipinski definition) is 0. The minimum atomic E-state index is 0.879. The number of imidazole rings is 2. The molecule has 0 bridgehead atoms. The van der Waals surface area contributed by atoms with E-state index >= 15 is 0 Å². The molecule has 9 aromatic rings. The van der Waals surface area contributed by atoms with Crippen LogP contribution in [0.2, 0.25) is 0 Å². The summed E-state index contributed by atoms with van der Waals surface area (Å²) in [5, 5.41) is 4.48. The fraction of sp³-hybridized carbons (Fsp3) is 0.0238. The van der Waals surface area contributed by atoms with Crippen molar-refractivity contribution < 1.29 is 0 Å². The molecule has 9 rings (SSSR count). The summed E-state index contributed by atoms with van der Waals surface area (Å²) in [6.45, 7) is 6.11. The second-order valence-electron chi connectivity index (χ2n) is 11.7. The molecule has 4 heterocycles. The van der Waals surface area contributed by atoms with Gasteiger partial charge in [0.2, 0.25) is 0 Å². The number of benzene rings is 5. The molecule has 0 saturated carbocycles. The van der Waals surface area contributed by atoms with Gasteiger partial charge in [-0.3, -0.25) is 14.0 Å². The summed E-state index contributed by atoms with van der Waals surface area (Å²) in [6.07, 6.45) is 9.87. The monoisotopic (exact) mass is 603 g/mol. The zero-order valence-corrected chi connectivity index (χ0v) is 25.8. The summed E-state index contributed by atoms with van der Waals surface area (Å²) in [6, 6.07) is 40.5. The van der Waals surface area contributed by atoms with E-state index in [1.807, 2.05) is 55.6 Å². The van der Waals surface area contributed by atoms with E-state index in [2.05, 4.69) is 113 Å². The number of aromatic nitrogens is 5. The van der Waals surface area contributed by atoms with Crippen LogP contribution in [0.5, 0.6) is 0 Å². The summed E-state index contributed by atoms with van der Waals surface area (Å²) in [5.41, 5.74) is 11.4. The molecule has 0 radical (unpaired) electrons. The molecule has 0 fully saturated rings. The molecule has 4 aromatic heterocycles. The lowest BCUT2D eigenvalue weighted by molar-refractivity contribution is 1.15. The van der Waals surface area contributed by atoms with E-state index in [4.69, 9.17) is 15.0 Å². The van der Waals surface area contributed by atoms with Gasteiger partial charge >= 0.3 is 0 Å². The Balaban J connectivity index is 1.25. The lowest BCUT2D eigenvalue weighted by Crippen LogP contribution is -1.98. The molecule has 5 nitrogen and oxygen atoms in total. The maximum Gasteiger partial charge on any atom is 0.146 e. The number of rotatable bonds is 5. The smallest absolute Gasteiger partial charge is 0.146 e. The second-order valence-corrected chi connectivity index (χ2v) is 11.7. The minimum absolute atomic E-state index is 0.879. The molecule has 0 aliphatic carbocycles. The van der Waals surface area contributed by atoms with Gasteiger partial charge in [0.25, 0.3) is 0 Å². The first kappa shape index (κ1) is 27.0. The van der Waals surface area contributed by atoms with Crippen LogP contribution < -0.4 is 0 Å². The summed E-state index contributed by atoms with van der Waals surface area (Å²) >= 11 is 0. The average molecular weight is 604 g/mol. The van der Waals surface area contributed by atoms with Crippen LogP contribution in [0.15, 0.2) is 152 Å². The van der Waals surface area contributed by atoms with Gasteiger partial charge in [0.15, 0.2) is 0 Å². The highest BCUT2D eigenvalue weighted by Gasteiger charge is 2.18. The van der Waals surface area contributed by atoms with Crippen LogP contribution in [0.4, 0.5) is 0 Å². The molecule has 5 aromatic carbocycles. The summed E-state index contributed by atoms with van der Waals surface area (Å²) in [4.78, 5) is 15.0. The number of allylic oxidation sites excluding steroid dienone is 5. The van der Waals surface area contributed by atoms with Crippen molar-refractivity contribution in [2.24, 2.45) is 0 Å². The topological polar surface area (TPSA) is 48.0 Å². The third-order valence-corrected chi connectivity index (χ3v) is 9.05. The highest BCUT2D eigenvalue weighted by Crippen LogP contribution is 2.38. The van der Waals surface area contributed by atoms with E-state index in [-0.39, 0.29) is 0 Å². The van der Waals surface area contributed by atoms with Gasteiger partial charge in [0.05, 0.1) is 33.1 Å². The maximum atomic E-state index is 5.09. The summed E-state index contributed by atoms with van der Waals surface area (Å²) in [5.74, 6) is 0.879. The molecule has 222 valence electrons. The van der Waals surface area contributed by atoms with Gasteiger partial charge in [0, 0.05) is 39.0 Å². The molecule has 0 unspecified atom stereocenters. The molecule has 0 aliphatic rings. The zero-order valence-electron chi connectivity index (χ0n) is 25.8. The Kier molecular flexibility index (Phi) is 6.12. The Morgan fingerprint density at radius 3 is 2.23 bits per heavy atom. The average Bonchev–Trinajstić information content (AvgIpc) is 3.71. The maximum absolute atomic E-state index is 5.09. The molecule has 0 atom stereocenters. The van der Waals surface area contributed by atoms with Crippen molar-refractivity contribution in [2.75, 3.05) is 0 Å². The number of nitrogens with zero attached hydrogens (tertiary/aromatic N) is 5. The quantitative estimate of drug-likeness (QED) is 0.145. The standard InChI is InChI=1S/C42H29N5/c1-3-5-12-31(4-2)46-37-15-8-6-13-34(37)44-41(46)29-19-17-27(18-20-29)30-22-24-36-33(26-30)39-32(23-21-28-11-10-25-43-40(28)39)42-45-35-14-7-9-16-38(35)47(36)42/h3-26H,2H2,1H3/b5-3-,31-12+. The summed E-state index contributed by atoms with van der Waals surface area (Å²) < 4.78 is 4.47. The predicted octanol–water partition coefficient (Wildman–Crippen LogP) is 10.6. The van der Waals surface area contributed by atoms with Gasteiger partial charge in [-0.05, 0) is 78.7 Å². The van der Waals surface area contributed by atoms with E-state index in [1.165, 1.54) is 0 Å². The van der Waals surface area contributed by atoms with Gasteiger partial charge in [0.1, 0.15) is 11.5 Å². The van der Waals surface area contributed by atoms with E-state index in [0.29, 0.717) is 0 Å². The Morgan fingerprint density at radius 2 is 1.43 bits per heavy atom. The molecule has 47 heavy (non-hydrogen) atoms. The lowest BCUT2D eigenvalue weighted by atomic mass is 9.97. The molecule has 0 saturated heterocycles. The molecule has 0 amide bonds. The fourth-order valence-electron chi connectivity index (χ4n) is 6.89. The van der Waals surface area contributed by atoms with Crippen LogP contribution in [-0.2, 0) is 0 Å². The predicted molar refractivity (Wildman–Crippen MR) is 196 cm³/mol. The van der Waals surface area contributed by atoms with E-state index in [9.17, 15) is 0 Å². The highest BCUT2D eigenvalue weighted by atomic mass is 15.1. The summed E-state index contributed by atoms with van der Waals surface area (Å²) in [7, 11) is 0. The largest absolute Gasteiger partial charge is 0.292 e. The first-order valence-electron chi connectivity index (χ1n) is 15.8. The molecular weight excluding hydrogens is 574 g/mol. The van der Waals surface area contributed by atoms with Crippen LogP contribution in [0.3, 0.4) is 0 Å². The van der Waals surface area contributed by atoms with E-state index in [0.717, 1.165) is 88.5 Å². The van der Waals surface area contributed by atoms with Crippen LogP contribution in [0.1, 0.15) is 6.92 Å². The van der Waals surface area contributed by atoms with Crippen molar-refractivity contribution in [1.29, 1.82) is 0 Å². The third-order valence-electron chi connectivity index (χ3n) is 9.05. The molecule has 0 spiro atoms. The Bertz CT molecular complexity index is 2760.